The fourth-order valence-electron chi connectivity index (χ4n) is 3.28. The van der Waals surface area contributed by atoms with Crippen molar-refractivity contribution in [2.75, 3.05) is 24.5 Å². The summed E-state index contributed by atoms with van der Waals surface area (Å²) in [4.78, 5) is 7.01. The van der Waals surface area contributed by atoms with Crippen LogP contribution in [0.4, 0.5) is 5.82 Å². The van der Waals surface area contributed by atoms with Crippen molar-refractivity contribution in [3.63, 3.8) is 0 Å². The van der Waals surface area contributed by atoms with Crippen LogP contribution in [-0.4, -0.2) is 30.7 Å². The molecule has 0 radical (unpaired) electrons. The Morgan fingerprint density at radius 2 is 2.16 bits per heavy atom. The molecule has 0 bridgehead atoms. The molecule has 2 atom stereocenters. The average Bonchev–Trinajstić information content (AvgIpc) is 2.93. The van der Waals surface area contributed by atoms with E-state index in [0.717, 1.165) is 39.8 Å². The van der Waals surface area contributed by atoms with E-state index in [1.54, 1.807) is 0 Å². The van der Waals surface area contributed by atoms with E-state index < -0.39 is 0 Å². The highest BCUT2D eigenvalue weighted by molar-refractivity contribution is 9.11. The molecule has 0 amide bonds. The van der Waals surface area contributed by atoms with Crippen molar-refractivity contribution in [2.24, 2.45) is 5.92 Å². The third kappa shape index (κ3) is 3.14. The zero-order chi connectivity index (χ0) is 13.2. The number of anilines is 1. The first-order chi connectivity index (χ1) is 9.24. The molecule has 3 heterocycles. The van der Waals surface area contributed by atoms with E-state index in [-0.39, 0.29) is 0 Å². The molecule has 2 fully saturated rings. The summed E-state index contributed by atoms with van der Waals surface area (Å²) in [6.07, 6.45) is 7.18. The number of hydrogen-bond acceptors (Lipinski definition) is 3. The van der Waals surface area contributed by atoms with E-state index in [1.165, 1.54) is 32.2 Å². The van der Waals surface area contributed by atoms with Gasteiger partial charge in [0.2, 0.25) is 0 Å². The van der Waals surface area contributed by atoms with Crippen LogP contribution in [0, 0.1) is 5.92 Å². The first-order valence-corrected chi connectivity index (χ1v) is 8.62. The molecule has 5 heteroatoms. The van der Waals surface area contributed by atoms with Crippen LogP contribution in [0.2, 0.25) is 0 Å². The molecule has 2 saturated heterocycles. The molecule has 2 unspecified atom stereocenters. The van der Waals surface area contributed by atoms with Gasteiger partial charge in [0.25, 0.3) is 0 Å². The molecule has 0 spiro atoms. The molecule has 19 heavy (non-hydrogen) atoms. The van der Waals surface area contributed by atoms with Crippen LogP contribution in [0.1, 0.15) is 25.7 Å². The number of pyridine rings is 1. The molecule has 1 N–H and O–H groups in total. The lowest BCUT2D eigenvalue weighted by Crippen LogP contribution is -2.44. The Morgan fingerprint density at radius 3 is 2.89 bits per heavy atom. The molecule has 0 aliphatic carbocycles. The summed E-state index contributed by atoms with van der Waals surface area (Å²) in [5.41, 5.74) is 0. The van der Waals surface area contributed by atoms with Crippen LogP contribution < -0.4 is 10.2 Å². The fraction of sp³-hybridized carbons (Fsp3) is 0.643. The van der Waals surface area contributed by atoms with E-state index in [2.05, 4.69) is 53.1 Å². The fourth-order valence-corrected chi connectivity index (χ4v) is 4.52. The van der Waals surface area contributed by atoms with Crippen molar-refractivity contribution >= 4 is 37.7 Å². The van der Waals surface area contributed by atoms with Gasteiger partial charge in [-0.25, -0.2) is 4.98 Å². The number of nitrogens with zero attached hydrogens (tertiary/aromatic N) is 2. The molecule has 1 aromatic heterocycles. The number of halogens is 2. The highest BCUT2D eigenvalue weighted by Crippen LogP contribution is 2.32. The maximum Gasteiger partial charge on any atom is 0.142 e. The molecule has 2 aliphatic heterocycles. The molecule has 2 aliphatic rings. The smallest absolute Gasteiger partial charge is 0.142 e. The minimum atomic E-state index is 0.719. The SMILES string of the molecule is Brc1cnc(N2CCCC(C3CCCN3)C2)c(Br)c1. The lowest BCUT2D eigenvalue weighted by molar-refractivity contribution is 0.327. The second kappa shape index (κ2) is 6.10. The van der Waals surface area contributed by atoms with Gasteiger partial charge in [-0.3, -0.25) is 0 Å². The van der Waals surface area contributed by atoms with Crippen LogP contribution in [0.3, 0.4) is 0 Å². The van der Waals surface area contributed by atoms with Crippen molar-refractivity contribution in [1.82, 2.24) is 10.3 Å². The maximum atomic E-state index is 4.57. The maximum absolute atomic E-state index is 4.57. The number of rotatable bonds is 2. The van der Waals surface area contributed by atoms with Gasteiger partial charge in [-0.05, 0) is 76.1 Å². The number of nitrogens with one attached hydrogen (secondary N) is 1. The molecular weight excluding hydrogens is 370 g/mol. The third-order valence-corrected chi connectivity index (χ3v) is 5.23. The van der Waals surface area contributed by atoms with Gasteiger partial charge in [-0.1, -0.05) is 0 Å². The quantitative estimate of drug-likeness (QED) is 0.839. The minimum absolute atomic E-state index is 0.719. The molecule has 3 nitrogen and oxygen atoms in total. The second-order valence-electron chi connectivity index (χ2n) is 5.51. The minimum Gasteiger partial charge on any atom is -0.355 e. The predicted molar refractivity (Wildman–Crippen MR) is 85.6 cm³/mol. The van der Waals surface area contributed by atoms with Crippen molar-refractivity contribution in [1.29, 1.82) is 0 Å². The average molecular weight is 389 g/mol. The van der Waals surface area contributed by atoms with Crippen molar-refractivity contribution in [3.8, 4) is 0 Å². The van der Waals surface area contributed by atoms with Gasteiger partial charge >= 0.3 is 0 Å². The zero-order valence-corrected chi connectivity index (χ0v) is 14.1. The highest BCUT2D eigenvalue weighted by atomic mass is 79.9. The van der Waals surface area contributed by atoms with Crippen LogP contribution in [0.15, 0.2) is 21.2 Å². The van der Waals surface area contributed by atoms with Crippen LogP contribution in [0.5, 0.6) is 0 Å². The topological polar surface area (TPSA) is 28.2 Å². The van der Waals surface area contributed by atoms with E-state index in [0.29, 0.717) is 0 Å². The summed E-state index contributed by atoms with van der Waals surface area (Å²) in [7, 11) is 0. The molecule has 104 valence electrons. The Labute approximate surface area is 131 Å². The summed E-state index contributed by atoms with van der Waals surface area (Å²) in [6.45, 7) is 3.45. The lowest BCUT2D eigenvalue weighted by Gasteiger charge is -2.36. The Bertz CT molecular complexity index is 446. The Balaban J connectivity index is 1.73. The van der Waals surface area contributed by atoms with Gasteiger partial charge in [0.15, 0.2) is 0 Å². The van der Waals surface area contributed by atoms with E-state index >= 15 is 0 Å². The van der Waals surface area contributed by atoms with Crippen molar-refractivity contribution < 1.29 is 0 Å². The standard InChI is InChI=1S/C14H19Br2N3/c15-11-7-12(16)14(18-8-11)19-6-2-3-10(9-19)13-4-1-5-17-13/h7-8,10,13,17H,1-6,9H2. The largest absolute Gasteiger partial charge is 0.355 e. The van der Waals surface area contributed by atoms with Crippen LogP contribution in [-0.2, 0) is 0 Å². The highest BCUT2D eigenvalue weighted by Gasteiger charge is 2.30. The summed E-state index contributed by atoms with van der Waals surface area (Å²) < 4.78 is 2.11. The summed E-state index contributed by atoms with van der Waals surface area (Å²) in [5.74, 6) is 1.86. The monoisotopic (exact) mass is 387 g/mol. The molecule has 3 rings (SSSR count). The van der Waals surface area contributed by atoms with E-state index in [4.69, 9.17) is 0 Å². The first-order valence-electron chi connectivity index (χ1n) is 7.03. The van der Waals surface area contributed by atoms with Gasteiger partial charge in [0.1, 0.15) is 5.82 Å². The van der Waals surface area contributed by atoms with E-state index in [1.807, 2.05) is 6.20 Å². The molecule has 0 aromatic carbocycles. The zero-order valence-electron chi connectivity index (χ0n) is 10.9. The van der Waals surface area contributed by atoms with Gasteiger partial charge in [0.05, 0.1) is 4.47 Å². The lowest BCUT2D eigenvalue weighted by atomic mass is 9.90. The first kappa shape index (κ1) is 13.8. The normalized spacial score (nSPS) is 27.8. The second-order valence-corrected chi connectivity index (χ2v) is 7.28. The Kier molecular flexibility index (Phi) is 4.44. The van der Waals surface area contributed by atoms with Crippen molar-refractivity contribution in [3.05, 3.63) is 21.2 Å². The van der Waals surface area contributed by atoms with Gasteiger partial charge < -0.3 is 10.2 Å². The van der Waals surface area contributed by atoms with Crippen LogP contribution >= 0.6 is 31.9 Å². The van der Waals surface area contributed by atoms with Crippen LogP contribution in [0.25, 0.3) is 0 Å². The number of hydrogen-bond donors (Lipinski definition) is 1. The number of piperidine rings is 1. The van der Waals surface area contributed by atoms with E-state index in [9.17, 15) is 0 Å². The summed E-state index contributed by atoms with van der Waals surface area (Å²) in [5, 5.41) is 3.66. The molecule has 1 aromatic rings. The number of aromatic nitrogens is 1. The molecule has 0 saturated carbocycles. The predicted octanol–water partition coefficient (Wildman–Crippen LogP) is 3.58. The van der Waals surface area contributed by atoms with Gasteiger partial charge in [0, 0.05) is 29.8 Å². The summed E-state index contributed by atoms with van der Waals surface area (Å²) in [6, 6.07) is 2.80. The van der Waals surface area contributed by atoms with Gasteiger partial charge in [-0.2, -0.15) is 0 Å². The van der Waals surface area contributed by atoms with Gasteiger partial charge in [-0.15, -0.1) is 0 Å². The Morgan fingerprint density at radius 1 is 1.26 bits per heavy atom. The summed E-state index contributed by atoms with van der Waals surface area (Å²) >= 11 is 7.10. The van der Waals surface area contributed by atoms with Crippen molar-refractivity contribution in [2.45, 2.75) is 31.7 Å². The Hall–Kier alpha value is -0.130. The third-order valence-electron chi connectivity index (χ3n) is 4.21. The molecular formula is C14H19Br2N3.